The zero-order chi connectivity index (χ0) is 17.7. The minimum atomic E-state index is -0.459. The summed E-state index contributed by atoms with van der Waals surface area (Å²) >= 11 is 0. The Morgan fingerprint density at radius 3 is 2.08 bits per heavy atom. The van der Waals surface area contributed by atoms with Crippen LogP contribution in [0.2, 0.25) is 0 Å². The molecule has 0 spiro atoms. The van der Waals surface area contributed by atoms with Gasteiger partial charge in [0.15, 0.2) is 0 Å². The van der Waals surface area contributed by atoms with E-state index in [4.69, 9.17) is 5.73 Å². The summed E-state index contributed by atoms with van der Waals surface area (Å²) in [5.74, 6) is -0.729. The molecule has 0 radical (unpaired) electrons. The fourth-order valence-electron chi connectivity index (χ4n) is 2.30. The van der Waals surface area contributed by atoms with E-state index in [1.807, 2.05) is 27.0 Å². The van der Waals surface area contributed by atoms with E-state index in [-0.39, 0.29) is 5.82 Å². The van der Waals surface area contributed by atoms with Crippen LogP contribution in [-0.2, 0) is 7.05 Å². The molecule has 124 valence electrons. The van der Waals surface area contributed by atoms with Gasteiger partial charge in [-0.3, -0.25) is 9.48 Å². The Hall–Kier alpha value is -2.95. The van der Waals surface area contributed by atoms with E-state index in [1.54, 1.807) is 41.1 Å². The van der Waals surface area contributed by atoms with Crippen LogP contribution < -0.4 is 5.73 Å². The molecule has 1 heterocycles. The fraction of sp³-hybridized carbons (Fsp3) is 0.158. The number of amides is 1. The van der Waals surface area contributed by atoms with Gasteiger partial charge in [0.05, 0.1) is 11.4 Å². The fourth-order valence-corrected chi connectivity index (χ4v) is 2.30. The number of hydrogen-bond acceptors (Lipinski definition) is 2. The maximum absolute atomic E-state index is 13.0. The van der Waals surface area contributed by atoms with E-state index in [0.717, 1.165) is 22.5 Å². The highest BCUT2D eigenvalue weighted by Crippen LogP contribution is 2.26. The molecule has 0 saturated carbocycles. The lowest BCUT2D eigenvalue weighted by Gasteiger charge is -2.00. The molecule has 3 rings (SSSR count). The Morgan fingerprint density at radius 2 is 1.54 bits per heavy atom. The first-order chi connectivity index (χ1) is 11.5. The van der Waals surface area contributed by atoms with Crippen molar-refractivity contribution >= 4 is 5.91 Å². The number of rotatable bonds is 3. The monoisotopic (exact) mass is 325 g/mol. The van der Waals surface area contributed by atoms with E-state index in [1.165, 1.54) is 12.1 Å². The number of primary amides is 1. The first kappa shape index (κ1) is 17.4. The first-order valence-corrected chi connectivity index (χ1v) is 7.75. The maximum atomic E-state index is 13.0. The summed E-state index contributed by atoms with van der Waals surface area (Å²) in [4.78, 5) is 11.1. The summed E-state index contributed by atoms with van der Waals surface area (Å²) < 4.78 is 14.8. The minimum absolute atomic E-state index is 0.270. The number of carbonyl (C=O) groups is 1. The van der Waals surface area contributed by atoms with Gasteiger partial charge in [-0.1, -0.05) is 26.0 Å². The van der Waals surface area contributed by atoms with Gasteiger partial charge in [0.25, 0.3) is 0 Å². The highest BCUT2D eigenvalue weighted by atomic mass is 19.1. The molecule has 0 aliphatic rings. The van der Waals surface area contributed by atoms with Gasteiger partial charge >= 0.3 is 0 Å². The molecule has 0 fully saturated rings. The zero-order valence-electron chi connectivity index (χ0n) is 14.0. The van der Waals surface area contributed by atoms with Gasteiger partial charge in [-0.05, 0) is 48.0 Å². The second kappa shape index (κ2) is 7.55. The number of halogens is 1. The van der Waals surface area contributed by atoms with Crippen molar-refractivity contribution in [1.82, 2.24) is 9.78 Å². The van der Waals surface area contributed by atoms with Crippen LogP contribution in [0.3, 0.4) is 0 Å². The van der Waals surface area contributed by atoms with Crippen molar-refractivity contribution in [3.63, 3.8) is 0 Å². The molecule has 2 aromatic carbocycles. The minimum Gasteiger partial charge on any atom is -0.366 e. The molecule has 4 nitrogen and oxygen atoms in total. The maximum Gasteiger partial charge on any atom is 0.248 e. The molecule has 0 unspecified atom stereocenters. The summed E-state index contributed by atoms with van der Waals surface area (Å²) in [7, 11) is 1.83. The number of benzene rings is 2. The smallest absolute Gasteiger partial charge is 0.248 e. The number of hydrogen-bond donors (Lipinski definition) is 1. The van der Waals surface area contributed by atoms with E-state index >= 15 is 0 Å². The number of nitrogens with zero attached hydrogens (tertiary/aromatic N) is 2. The van der Waals surface area contributed by atoms with Crippen molar-refractivity contribution in [1.29, 1.82) is 0 Å². The summed E-state index contributed by atoms with van der Waals surface area (Å²) in [5, 5.41) is 4.46. The molecule has 3 aromatic rings. The summed E-state index contributed by atoms with van der Waals surface area (Å²) in [6, 6.07) is 15.1. The Balaban J connectivity index is 0.00000100. The quantitative estimate of drug-likeness (QED) is 0.790. The van der Waals surface area contributed by atoms with Gasteiger partial charge in [0, 0.05) is 18.2 Å². The third-order valence-corrected chi connectivity index (χ3v) is 3.48. The SMILES string of the molecule is CC.Cn1nc(-c2ccc(C(N)=O)cc2)cc1-c1ccc(F)cc1. The van der Waals surface area contributed by atoms with Crippen molar-refractivity contribution in [3.8, 4) is 22.5 Å². The third-order valence-electron chi connectivity index (χ3n) is 3.48. The predicted molar refractivity (Wildman–Crippen MR) is 93.9 cm³/mol. The molecule has 0 saturated heterocycles. The molecule has 5 heteroatoms. The van der Waals surface area contributed by atoms with Gasteiger partial charge in [-0.15, -0.1) is 0 Å². The lowest BCUT2D eigenvalue weighted by Crippen LogP contribution is -2.10. The van der Waals surface area contributed by atoms with Crippen LogP contribution in [0.1, 0.15) is 24.2 Å². The Labute approximate surface area is 140 Å². The topological polar surface area (TPSA) is 60.9 Å². The zero-order valence-corrected chi connectivity index (χ0v) is 14.0. The molecular weight excluding hydrogens is 305 g/mol. The van der Waals surface area contributed by atoms with Crippen molar-refractivity contribution < 1.29 is 9.18 Å². The average molecular weight is 325 g/mol. The van der Waals surface area contributed by atoms with Crippen LogP contribution in [0.5, 0.6) is 0 Å². The van der Waals surface area contributed by atoms with E-state index < -0.39 is 5.91 Å². The Morgan fingerprint density at radius 1 is 1.00 bits per heavy atom. The number of nitrogens with two attached hydrogens (primary N) is 1. The standard InChI is InChI=1S/C17H14FN3O.C2H6/c1-21-16(12-6-8-14(18)9-7-12)10-15(20-21)11-2-4-13(5-3-11)17(19)22;1-2/h2-10H,1H3,(H2,19,22);1-2H3. The first-order valence-electron chi connectivity index (χ1n) is 7.75. The highest BCUT2D eigenvalue weighted by Gasteiger charge is 2.10. The van der Waals surface area contributed by atoms with Crippen molar-refractivity contribution in [2.24, 2.45) is 12.8 Å². The molecule has 0 bridgehead atoms. The van der Waals surface area contributed by atoms with Gasteiger partial charge in [-0.25, -0.2) is 4.39 Å². The lowest BCUT2D eigenvalue weighted by atomic mass is 10.1. The van der Waals surface area contributed by atoms with Crippen molar-refractivity contribution in [2.75, 3.05) is 0 Å². The van der Waals surface area contributed by atoms with E-state index in [0.29, 0.717) is 5.56 Å². The van der Waals surface area contributed by atoms with E-state index in [9.17, 15) is 9.18 Å². The number of carbonyl (C=O) groups excluding carboxylic acids is 1. The Bertz CT molecular complexity index is 821. The predicted octanol–water partition coefficient (Wildman–Crippen LogP) is 4.02. The molecule has 0 aliphatic carbocycles. The molecule has 24 heavy (non-hydrogen) atoms. The Kier molecular flexibility index (Phi) is 5.47. The molecule has 2 N–H and O–H groups in total. The third kappa shape index (κ3) is 3.68. The van der Waals surface area contributed by atoms with Crippen molar-refractivity contribution in [2.45, 2.75) is 13.8 Å². The second-order valence-corrected chi connectivity index (χ2v) is 4.99. The van der Waals surface area contributed by atoms with E-state index in [2.05, 4.69) is 5.10 Å². The van der Waals surface area contributed by atoms with Crippen LogP contribution >= 0.6 is 0 Å². The summed E-state index contributed by atoms with van der Waals surface area (Å²) in [5.41, 5.74) is 9.11. The summed E-state index contributed by atoms with van der Waals surface area (Å²) in [6.45, 7) is 4.00. The van der Waals surface area contributed by atoms with Gasteiger partial charge in [0.2, 0.25) is 5.91 Å². The molecule has 1 amide bonds. The second-order valence-electron chi connectivity index (χ2n) is 4.99. The highest BCUT2D eigenvalue weighted by molar-refractivity contribution is 5.93. The van der Waals surface area contributed by atoms with Gasteiger partial charge in [0.1, 0.15) is 5.82 Å². The molecule has 0 aliphatic heterocycles. The molecule has 0 atom stereocenters. The largest absolute Gasteiger partial charge is 0.366 e. The number of aryl methyl sites for hydroxylation is 1. The molecule has 1 aromatic heterocycles. The normalized spacial score (nSPS) is 10.0. The summed E-state index contributed by atoms with van der Waals surface area (Å²) in [6.07, 6.45) is 0. The van der Waals surface area contributed by atoms with Crippen LogP contribution in [0.15, 0.2) is 54.6 Å². The van der Waals surface area contributed by atoms with Crippen LogP contribution in [-0.4, -0.2) is 15.7 Å². The molecular formula is C19H20FN3O. The average Bonchev–Trinajstić information content (AvgIpc) is 2.99. The number of aromatic nitrogens is 2. The van der Waals surface area contributed by atoms with Crippen molar-refractivity contribution in [3.05, 3.63) is 66.0 Å². The van der Waals surface area contributed by atoms with Gasteiger partial charge in [-0.2, -0.15) is 5.10 Å². The lowest BCUT2D eigenvalue weighted by molar-refractivity contribution is 0.100. The van der Waals surface area contributed by atoms with Crippen LogP contribution in [0.25, 0.3) is 22.5 Å². The van der Waals surface area contributed by atoms with Crippen LogP contribution in [0, 0.1) is 5.82 Å². The van der Waals surface area contributed by atoms with Crippen LogP contribution in [0.4, 0.5) is 4.39 Å². The van der Waals surface area contributed by atoms with Gasteiger partial charge < -0.3 is 5.73 Å².